The molecule has 0 saturated carbocycles. The maximum absolute atomic E-state index is 11.7. The van der Waals surface area contributed by atoms with E-state index in [0.717, 1.165) is 49.7 Å². The third-order valence-corrected chi connectivity index (χ3v) is 4.99. The Morgan fingerprint density at radius 2 is 2.00 bits per heavy atom. The van der Waals surface area contributed by atoms with Gasteiger partial charge in [-0.2, -0.15) is 0 Å². The molecular weight excluding hydrogens is 236 g/mol. The van der Waals surface area contributed by atoms with Gasteiger partial charge in [-0.1, -0.05) is 18.6 Å². The van der Waals surface area contributed by atoms with Gasteiger partial charge in [0.15, 0.2) is 5.78 Å². The van der Waals surface area contributed by atoms with E-state index in [-0.39, 0.29) is 5.92 Å². The van der Waals surface area contributed by atoms with Crippen molar-refractivity contribution >= 4 is 5.78 Å². The standard InChI is InChI=1S/C17H22O2/c1-10-7-14(8-11(2)17(10)19)12-3-5-15-13(9-12)4-6-16(15)18/h9-10,14,19H,3-8H2,1-2H3. The van der Waals surface area contributed by atoms with Crippen LogP contribution in [0.4, 0.5) is 0 Å². The van der Waals surface area contributed by atoms with Crippen molar-refractivity contribution in [1.29, 1.82) is 0 Å². The number of aliphatic hydroxyl groups is 1. The van der Waals surface area contributed by atoms with Gasteiger partial charge in [0.05, 0.1) is 5.76 Å². The highest BCUT2D eigenvalue weighted by Crippen LogP contribution is 2.42. The molecule has 1 N–H and O–H groups in total. The van der Waals surface area contributed by atoms with Crippen LogP contribution >= 0.6 is 0 Å². The van der Waals surface area contributed by atoms with Gasteiger partial charge in [-0.15, -0.1) is 0 Å². The third kappa shape index (κ3) is 2.18. The number of hydrogen-bond acceptors (Lipinski definition) is 2. The van der Waals surface area contributed by atoms with Gasteiger partial charge in [-0.3, -0.25) is 4.79 Å². The Morgan fingerprint density at radius 3 is 2.74 bits per heavy atom. The molecule has 0 aromatic heterocycles. The van der Waals surface area contributed by atoms with E-state index in [4.69, 9.17) is 0 Å². The van der Waals surface area contributed by atoms with Crippen molar-refractivity contribution in [2.75, 3.05) is 0 Å². The molecule has 2 unspecified atom stereocenters. The summed E-state index contributed by atoms with van der Waals surface area (Å²) in [5.41, 5.74) is 5.05. The number of hydrogen-bond donors (Lipinski definition) is 1. The van der Waals surface area contributed by atoms with Gasteiger partial charge in [-0.25, -0.2) is 0 Å². The molecule has 3 aliphatic rings. The zero-order chi connectivity index (χ0) is 13.6. The molecule has 0 radical (unpaired) electrons. The summed E-state index contributed by atoms with van der Waals surface area (Å²) in [6.07, 6.45) is 7.98. The first-order valence-corrected chi connectivity index (χ1v) is 7.40. The minimum atomic E-state index is 0.278. The molecule has 0 fully saturated rings. The number of aliphatic hydroxyl groups excluding tert-OH is 1. The molecule has 3 rings (SSSR count). The van der Waals surface area contributed by atoms with Crippen LogP contribution in [0.5, 0.6) is 0 Å². The van der Waals surface area contributed by atoms with Crippen LogP contribution in [-0.4, -0.2) is 10.9 Å². The number of carbonyl (C=O) groups excluding carboxylic acids is 1. The molecule has 0 amide bonds. The van der Waals surface area contributed by atoms with Crippen LogP contribution in [0.3, 0.4) is 0 Å². The Kier molecular flexibility index (Phi) is 3.12. The van der Waals surface area contributed by atoms with Crippen molar-refractivity contribution in [3.05, 3.63) is 34.1 Å². The van der Waals surface area contributed by atoms with Gasteiger partial charge < -0.3 is 5.11 Å². The molecule has 2 nitrogen and oxygen atoms in total. The second kappa shape index (κ2) is 4.66. The predicted molar refractivity (Wildman–Crippen MR) is 75.8 cm³/mol. The second-order valence-electron chi connectivity index (χ2n) is 6.35. The van der Waals surface area contributed by atoms with E-state index in [2.05, 4.69) is 13.0 Å². The van der Waals surface area contributed by atoms with Crippen molar-refractivity contribution < 1.29 is 9.90 Å². The lowest BCUT2D eigenvalue weighted by Gasteiger charge is -2.31. The maximum atomic E-state index is 11.7. The van der Waals surface area contributed by atoms with Gasteiger partial charge in [-0.05, 0) is 61.7 Å². The highest BCUT2D eigenvalue weighted by atomic mass is 16.3. The van der Waals surface area contributed by atoms with Crippen LogP contribution in [0.15, 0.2) is 34.1 Å². The third-order valence-electron chi connectivity index (χ3n) is 4.99. The van der Waals surface area contributed by atoms with Gasteiger partial charge in [0.1, 0.15) is 0 Å². The smallest absolute Gasteiger partial charge is 0.159 e. The van der Waals surface area contributed by atoms with Crippen LogP contribution < -0.4 is 0 Å². The summed E-state index contributed by atoms with van der Waals surface area (Å²) in [7, 11) is 0. The fourth-order valence-corrected chi connectivity index (χ4v) is 3.87. The molecule has 0 aromatic rings. The zero-order valence-corrected chi connectivity index (χ0v) is 11.8. The molecule has 102 valence electrons. The molecule has 0 spiro atoms. The molecule has 0 bridgehead atoms. The number of rotatable bonds is 1. The van der Waals surface area contributed by atoms with E-state index in [1.807, 2.05) is 6.92 Å². The predicted octanol–water partition coefficient (Wildman–Crippen LogP) is 4.24. The van der Waals surface area contributed by atoms with E-state index in [9.17, 15) is 9.90 Å². The quantitative estimate of drug-likeness (QED) is 0.763. The van der Waals surface area contributed by atoms with Crippen molar-refractivity contribution in [1.82, 2.24) is 0 Å². The van der Waals surface area contributed by atoms with E-state index < -0.39 is 0 Å². The molecule has 0 saturated heterocycles. The van der Waals surface area contributed by atoms with Gasteiger partial charge >= 0.3 is 0 Å². The summed E-state index contributed by atoms with van der Waals surface area (Å²) in [5.74, 6) is 1.82. The Hall–Kier alpha value is -1.31. The first kappa shape index (κ1) is 12.7. The lowest BCUT2D eigenvalue weighted by atomic mass is 9.75. The summed E-state index contributed by atoms with van der Waals surface area (Å²) < 4.78 is 0. The summed E-state index contributed by atoms with van der Waals surface area (Å²) in [6.45, 7) is 4.16. The van der Waals surface area contributed by atoms with Gasteiger partial charge in [0.2, 0.25) is 0 Å². The minimum Gasteiger partial charge on any atom is -0.512 e. The molecule has 19 heavy (non-hydrogen) atoms. The van der Waals surface area contributed by atoms with Crippen LogP contribution in [0.2, 0.25) is 0 Å². The SMILES string of the molecule is CC1=C(O)C(C)CC(C2=CC3=C(CC2)C(=O)CC3)C1. The largest absolute Gasteiger partial charge is 0.512 e. The first-order chi connectivity index (χ1) is 9.06. The summed E-state index contributed by atoms with van der Waals surface area (Å²) in [5, 5.41) is 9.95. The minimum absolute atomic E-state index is 0.278. The molecule has 0 heterocycles. The highest BCUT2D eigenvalue weighted by molar-refractivity contribution is 5.99. The molecule has 0 aromatic carbocycles. The van der Waals surface area contributed by atoms with E-state index in [1.165, 1.54) is 11.1 Å². The Morgan fingerprint density at radius 1 is 1.21 bits per heavy atom. The van der Waals surface area contributed by atoms with E-state index in [0.29, 0.717) is 17.5 Å². The van der Waals surface area contributed by atoms with Crippen molar-refractivity contribution in [3.8, 4) is 0 Å². The van der Waals surface area contributed by atoms with Crippen LogP contribution in [0.25, 0.3) is 0 Å². The highest BCUT2D eigenvalue weighted by Gasteiger charge is 2.31. The average Bonchev–Trinajstić information content (AvgIpc) is 2.76. The van der Waals surface area contributed by atoms with Crippen LogP contribution in [0.1, 0.15) is 52.4 Å². The summed E-state index contributed by atoms with van der Waals surface area (Å²) in [4.78, 5) is 11.7. The monoisotopic (exact) mass is 258 g/mol. The van der Waals surface area contributed by atoms with Crippen molar-refractivity contribution in [2.24, 2.45) is 11.8 Å². The Bertz CT molecular complexity index is 519. The number of ketones is 1. The summed E-state index contributed by atoms with van der Waals surface area (Å²) >= 11 is 0. The molecular formula is C17H22O2. The Balaban J connectivity index is 1.84. The number of carbonyl (C=O) groups is 1. The number of allylic oxidation sites excluding steroid dienone is 6. The number of Topliss-reactive ketones (excluding diaryl/α,β-unsaturated/α-hetero) is 1. The maximum Gasteiger partial charge on any atom is 0.159 e. The van der Waals surface area contributed by atoms with Crippen molar-refractivity contribution in [2.45, 2.75) is 52.4 Å². The summed E-state index contributed by atoms with van der Waals surface area (Å²) in [6, 6.07) is 0. The fourth-order valence-electron chi connectivity index (χ4n) is 3.87. The van der Waals surface area contributed by atoms with Crippen molar-refractivity contribution in [3.63, 3.8) is 0 Å². The molecule has 0 aliphatic heterocycles. The normalized spacial score (nSPS) is 31.7. The fraction of sp³-hybridized carbons (Fsp3) is 0.588. The average molecular weight is 258 g/mol. The van der Waals surface area contributed by atoms with E-state index >= 15 is 0 Å². The lowest BCUT2D eigenvalue weighted by molar-refractivity contribution is -0.115. The molecule has 3 aliphatic carbocycles. The second-order valence-corrected chi connectivity index (χ2v) is 6.35. The molecule has 2 atom stereocenters. The van der Waals surface area contributed by atoms with Crippen LogP contribution in [0, 0.1) is 11.8 Å². The first-order valence-electron chi connectivity index (χ1n) is 7.40. The molecule has 2 heteroatoms. The zero-order valence-electron chi connectivity index (χ0n) is 11.8. The van der Waals surface area contributed by atoms with E-state index in [1.54, 1.807) is 0 Å². The Labute approximate surface area is 114 Å². The van der Waals surface area contributed by atoms with Crippen LogP contribution in [-0.2, 0) is 4.79 Å². The lowest BCUT2D eigenvalue weighted by Crippen LogP contribution is -2.19. The van der Waals surface area contributed by atoms with Gasteiger partial charge in [0, 0.05) is 12.3 Å². The topological polar surface area (TPSA) is 37.3 Å². The van der Waals surface area contributed by atoms with Gasteiger partial charge in [0.25, 0.3) is 0 Å².